The van der Waals surface area contributed by atoms with Crippen molar-refractivity contribution in [3.63, 3.8) is 0 Å². The minimum absolute atomic E-state index is 0.0146. The van der Waals surface area contributed by atoms with Crippen molar-refractivity contribution in [1.29, 1.82) is 0 Å². The topological polar surface area (TPSA) is 91.1 Å². The number of nitro groups is 1. The number of piperidine rings is 1. The molecule has 1 amide bonds. The summed E-state index contributed by atoms with van der Waals surface area (Å²) in [6, 6.07) is 5.69. The molecule has 0 aliphatic carbocycles. The van der Waals surface area contributed by atoms with Crippen molar-refractivity contribution >= 4 is 11.6 Å². The number of carbonyl (C=O) groups excluding carboxylic acids is 1. The van der Waals surface area contributed by atoms with Crippen LogP contribution in [0.3, 0.4) is 0 Å². The van der Waals surface area contributed by atoms with Crippen LogP contribution in [-0.2, 0) is 14.3 Å². The first-order valence-electron chi connectivity index (χ1n) is 7.97. The molecule has 2 saturated heterocycles. The number of rotatable bonds is 4. The van der Waals surface area contributed by atoms with E-state index < -0.39 is 16.8 Å². The summed E-state index contributed by atoms with van der Waals surface area (Å²) in [5.41, 5.74) is -0.0146. The molecule has 2 heterocycles. The maximum absolute atomic E-state index is 12.5. The van der Waals surface area contributed by atoms with E-state index in [1.54, 1.807) is 11.8 Å². The minimum Gasteiger partial charge on any atom is -0.481 e. The van der Waals surface area contributed by atoms with Gasteiger partial charge in [-0.15, -0.1) is 0 Å². The van der Waals surface area contributed by atoms with Gasteiger partial charge in [-0.05, 0) is 19.1 Å². The summed E-state index contributed by atoms with van der Waals surface area (Å²) in [6.07, 6.45) is 0.650. The highest BCUT2D eigenvalue weighted by atomic mass is 16.7. The first-order chi connectivity index (χ1) is 11.5. The Morgan fingerprint density at radius 1 is 1.25 bits per heavy atom. The molecule has 0 N–H and O–H groups in total. The molecule has 0 aromatic heterocycles. The van der Waals surface area contributed by atoms with E-state index in [2.05, 4.69) is 0 Å². The van der Waals surface area contributed by atoms with Crippen LogP contribution in [0.15, 0.2) is 24.3 Å². The van der Waals surface area contributed by atoms with E-state index in [-0.39, 0.29) is 11.6 Å². The predicted molar refractivity (Wildman–Crippen MR) is 83.6 cm³/mol. The zero-order valence-corrected chi connectivity index (χ0v) is 13.5. The molecule has 1 unspecified atom stereocenters. The lowest BCUT2D eigenvalue weighted by atomic mass is 10.0. The molecule has 2 aliphatic heterocycles. The highest BCUT2D eigenvalue weighted by Gasteiger charge is 2.41. The number of ether oxygens (including phenoxy) is 3. The standard InChI is InChI=1S/C16H20N2O6/c1-12(24-14-4-2-13(3-5-14)18(20)21)15(19)17-8-6-16(7-9-17)22-10-11-23-16/h2-5,12H,6-11H2,1H3. The van der Waals surface area contributed by atoms with Gasteiger partial charge in [0.15, 0.2) is 11.9 Å². The molecule has 1 atom stereocenters. The molecule has 1 spiro atoms. The van der Waals surface area contributed by atoms with E-state index in [4.69, 9.17) is 14.2 Å². The molecule has 0 radical (unpaired) electrons. The molecular weight excluding hydrogens is 316 g/mol. The number of carbonyl (C=O) groups is 1. The molecule has 1 aromatic carbocycles. The Hall–Kier alpha value is -2.19. The van der Waals surface area contributed by atoms with E-state index >= 15 is 0 Å². The van der Waals surface area contributed by atoms with Crippen LogP contribution in [0.2, 0.25) is 0 Å². The molecule has 8 nitrogen and oxygen atoms in total. The molecule has 8 heteroatoms. The van der Waals surface area contributed by atoms with Crippen LogP contribution in [0.5, 0.6) is 5.75 Å². The highest BCUT2D eigenvalue weighted by Crippen LogP contribution is 2.31. The molecule has 130 valence electrons. The van der Waals surface area contributed by atoms with Crippen molar-refractivity contribution in [3.05, 3.63) is 34.4 Å². The number of amides is 1. The third kappa shape index (κ3) is 3.49. The van der Waals surface area contributed by atoms with Crippen LogP contribution < -0.4 is 4.74 Å². The van der Waals surface area contributed by atoms with Gasteiger partial charge in [0.2, 0.25) is 0 Å². The Morgan fingerprint density at radius 3 is 2.38 bits per heavy atom. The Morgan fingerprint density at radius 2 is 1.83 bits per heavy atom. The lowest BCUT2D eigenvalue weighted by molar-refractivity contribution is -0.384. The van der Waals surface area contributed by atoms with Gasteiger partial charge in [-0.25, -0.2) is 0 Å². The first kappa shape index (κ1) is 16.7. The Bertz CT molecular complexity index is 601. The van der Waals surface area contributed by atoms with Crippen molar-refractivity contribution in [1.82, 2.24) is 4.90 Å². The molecule has 24 heavy (non-hydrogen) atoms. The summed E-state index contributed by atoms with van der Waals surface area (Å²) >= 11 is 0. The first-order valence-corrected chi connectivity index (χ1v) is 7.97. The van der Waals surface area contributed by atoms with Crippen molar-refractivity contribution in [2.45, 2.75) is 31.7 Å². The normalized spacial score (nSPS) is 20.8. The molecule has 2 aliphatic rings. The summed E-state index contributed by atoms with van der Waals surface area (Å²) in [7, 11) is 0. The molecule has 0 bridgehead atoms. The lowest BCUT2D eigenvalue weighted by Crippen LogP contribution is -2.50. The van der Waals surface area contributed by atoms with Gasteiger partial charge in [-0.1, -0.05) is 0 Å². The second kappa shape index (κ2) is 6.74. The largest absolute Gasteiger partial charge is 0.481 e. The second-order valence-electron chi connectivity index (χ2n) is 5.94. The van der Waals surface area contributed by atoms with Gasteiger partial charge in [-0.2, -0.15) is 0 Å². The zero-order valence-electron chi connectivity index (χ0n) is 13.5. The van der Waals surface area contributed by atoms with E-state index in [0.717, 1.165) is 0 Å². The van der Waals surface area contributed by atoms with Crippen molar-refractivity contribution in [3.8, 4) is 5.75 Å². The summed E-state index contributed by atoms with van der Waals surface area (Å²) in [4.78, 5) is 24.4. The zero-order chi connectivity index (χ0) is 17.2. The van der Waals surface area contributed by atoms with Crippen molar-refractivity contribution in [2.24, 2.45) is 0 Å². The number of hydrogen-bond donors (Lipinski definition) is 0. The Kier molecular flexibility index (Phi) is 4.68. The average Bonchev–Trinajstić information content (AvgIpc) is 3.03. The molecule has 0 saturated carbocycles. The van der Waals surface area contributed by atoms with E-state index in [1.165, 1.54) is 24.3 Å². The van der Waals surface area contributed by atoms with E-state index in [1.807, 2.05) is 0 Å². The lowest BCUT2D eigenvalue weighted by Gasteiger charge is -2.38. The third-order valence-electron chi connectivity index (χ3n) is 4.36. The van der Waals surface area contributed by atoms with E-state index in [9.17, 15) is 14.9 Å². The number of hydrogen-bond acceptors (Lipinski definition) is 6. The fourth-order valence-corrected chi connectivity index (χ4v) is 3.01. The second-order valence-corrected chi connectivity index (χ2v) is 5.94. The maximum atomic E-state index is 12.5. The van der Waals surface area contributed by atoms with Gasteiger partial charge >= 0.3 is 0 Å². The van der Waals surface area contributed by atoms with Gasteiger partial charge in [0.05, 0.1) is 18.1 Å². The molecular formula is C16H20N2O6. The van der Waals surface area contributed by atoms with Crippen LogP contribution in [0, 0.1) is 10.1 Å². The van der Waals surface area contributed by atoms with Crippen LogP contribution in [-0.4, -0.2) is 53.9 Å². The molecule has 1 aromatic rings. The van der Waals surface area contributed by atoms with Gasteiger partial charge in [0, 0.05) is 38.1 Å². The quantitative estimate of drug-likeness (QED) is 0.614. The average molecular weight is 336 g/mol. The SMILES string of the molecule is CC(Oc1ccc([N+](=O)[O-])cc1)C(=O)N1CCC2(CC1)OCCO2. The smallest absolute Gasteiger partial charge is 0.269 e. The fourth-order valence-electron chi connectivity index (χ4n) is 3.01. The molecule has 2 fully saturated rings. The highest BCUT2D eigenvalue weighted by molar-refractivity contribution is 5.81. The maximum Gasteiger partial charge on any atom is 0.269 e. The minimum atomic E-state index is -0.661. The fraction of sp³-hybridized carbons (Fsp3) is 0.562. The van der Waals surface area contributed by atoms with Gasteiger partial charge in [-0.3, -0.25) is 14.9 Å². The van der Waals surface area contributed by atoms with E-state index in [0.29, 0.717) is 44.9 Å². The summed E-state index contributed by atoms with van der Waals surface area (Å²) in [5.74, 6) is -0.197. The summed E-state index contributed by atoms with van der Waals surface area (Å²) in [6.45, 7) is 4.01. The number of likely N-dealkylation sites (tertiary alicyclic amines) is 1. The summed E-state index contributed by atoms with van der Waals surface area (Å²) < 4.78 is 16.9. The van der Waals surface area contributed by atoms with Gasteiger partial charge < -0.3 is 19.1 Å². The Labute approximate surface area is 139 Å². The molecule has 3 rings (SSSR count). The van der Waals surface area contributed by atoms with Crippen LogP contribution in [0.25, 0.3) is 0 Å². The third-order valence-corrected chi connectivity index (χ3v) is 4.36. The number of nitrogens with zero attached hydrogens (tertiary/aromatic N) is 2. The number of non-ortho nitro benzene ring substituents is 1. The number of benzene rings is 1. The number of nitro benzene ring substituents is 1. The van der Waals surface area contributed by atoms with Gasteiger partial charge in [0.1, 0.15) is 5.75 Å². The predicted octanol–water partition coefficient (Wildman–Crippen LogP) is 1.73. The van der Waals surface area contributed by atoms with Crippen LogP contribution in [0.1, 0.15) is 19.8 Å². The monoisotopic (exact) mass is 336 g/mol. The van der Waals surface area contributed by atoms with Crippen molar-refractivity contribution in [2.75, 3.05) is 26.3 Å². The summed E-state index contributed by atoms with van der Waals surface area (Å²) in [5, 5.41) is 10.6. The van der Waals surface area contributed by atoms with Crippen LogP contribution in [0.4, 0.5) is 5.69 Å². The van der Waals surface area contributed by atoms with Crippen LogP contribution >= 0.6 is 0 Å². The van der Waals surface area contributed by atoms with Crippen molar-refractivity contribution < 1.29 is 23.9 Å². The van der Waals surface area contributed by atoms with Gasteiger partial charge in [0.25, 0.3) is 11.6 Å². The Balaban J connectivity index is 1.54.